The van der Waals surface area contributed by atoms with Crippen molar-refractivity contribution in [1.29, 1.82) is 0 Å². The Morgan fingerprint density at radius 3 is 2.40 bits per heavy atom. The zero-order chi connectivity index (χ0) is 4.12. The standard InChI is InChI=1S/C2H7N2.Zn/c3-1-2-4;/h3H,1-2,4H2;/q-1;+1. The van der Waals surface area contributed by atoms with E-state index in [1.165, 1.54) is 0 Å². The molecule has 3 N–H and O–H groups in total. The van der Waals surface area contributed by atoms with Crippen molar-refractivity contribution in [2.75, 3.05) is 13.1 Å². The van der Waals surface area contributed by atoms with Crippen LogP contribution in [0.2, 0.25) is 0 Å². The molecule has 0 amide bonds. The molecule has 0 radical (unpaired) electrons. The summed E-state index contributed by atoms with van der Waals surface area (Å²) in [5.74, 6) is 0. The molecule has 5 heavy (non-hydrogen) atoms. The quantitative estimate of drug-likeness (QED) is 0.464. The van der Waals surface area contributed by atoms with Crippen LogP contribution in [-0.4, -0.2) is 13.1 Å². The first kappa shape index (κ1) is 5.54. The van der Waals surface area contributed by atoms with Gasteiger partial charge in [-0.15, -0.1) is 0 Å². The normalized spacial score (nSPS) is 8.60. The summed E-state index contributed by atoms with van der Waals surface area (Å²) in [6, 6.07) is 0. The SMILES string of the molecule is NCC[NH][Zn]. The molecule has 0 aliphatic carbocycles. The number of nitrogens with one attached hydrogen (secondary N) is 1. The van der Waals surface area contributed by atoms with E-state index in [0.717, 1.165) is 31.6 Å². The molecule has 0 aromatic heterocycles. The Kier molecular flexibility index (Phi) is 5.04. The maximum absolute atomic E-state index is 5.10. The van der Waals surface area contributed by atoms with Crippen LogP contribution in [0.5, 0.6) is 0 Å². The van der Waals surface area contributed by atoms with Gasteiger partial charge in [0.1, 0.15) is 0 Å². The van der Waals surface area contributed by atoms with Gasteiger partial charge < -0.3 is 0 Å². The van der Waals surface area contributed by atoms with E-state index in [0.29, 0.717) is 0 Å². The van der Waals surface area contributed by atoms with Gasteiger partial charge in [-0.3, -0.25) is 0 Å². The van der Waals surface area contributed by atoms with Gasteiger partial charge in [-0.1, -0.05) is 0 Å². The molecule has 0 heterocycles. The molecular weight excluding hydrogens is 117 g/mol. The fraction of sp³-hybridized carbons (Fsp3) is 1.00. The first-order valence-electron chi connectivity index (χ1n) is 1.62. The molecule has 0 spiro atoms. The molecular formula is C2H7N2Zn. The third-order valence-electron chi connectivity index (χ3n) is 0.321. The second-order valence-electron chi connectivity index (χ2n) is 0.789. The summed E-state index contributed by atoms with van der Waals surface area (Å²) in [6.45, 7) is 1.74. The Morgan fingerprint density at radius 1 is 1.80 bits per heavy atom. The van der Waals surface area contributed by atoms with Crippen molar-refractivity contribution >= 4 is 0 Å². The number of rotatable bonds is 2. The average Bonchev–Trinajstić information content (AvgIpc) is 1.41. The molecule has 0 rings (SSSR count). The molecule has 0 aliphatic rings. The zero-order valence-electron chi connectivity index (χ0n) is 3.20. The zero-order valence-corrected chi connectivity index (χ0v) is 6.17. The Balaban J connectivity index is 2.19. The fourth-order valence-corrected chi connectivity index (χ4v) is 0.530. The van der Waals surface area contributed by atoms with Gasteiger partial charge >= 0.3 is 41.4 Å². The number of nitrogens with two attached hydrogens (primary N) is 1. The van der Waals surface area contributed by atoms with Crippen LogP contribution in [0.25, 0.3) is 0 Å². The van der Waals surface area contributed by atoms with Crippen LogP contribution in [0, 0.1) is 0 Å². The Labute approximate surface area is 42.1 Å². The van der Waals surface area contributed by atoms with Gasteiger partial charge in [-0.05, 0) is 0 Å². The molecule has 0 aromatic carbocycles. The molecule has 0 saturated carbocycles. The van der Waals surface area contributed by atoms with Gasteiger partial charge in [-0.25, -0.2) is 0 Å². The predicted octanol–water partition coefficient (Wildman–Crippen LogP) is -1.00. The average molecular weight is 124 g/mol. The number of hydrogen-bond acceptors (Lipinski definition) is 2. The van der Waals surface area contributed by atoms with Gasteiger partial charge in [0.15, 0.2) is 0 Å². The van der Waals surface area contributed by atoms with Crippen molar-refractivity contribution in [3.05, 3.63) is 0 Å². The van der Waals surface area contributed by atoms with E-state index in [1.54, 1.807) is 0 Å². The summed E-state index contributed by atoms with van der Waals surface area (Å²) in [5, 5.41) is 0. The Hall–Kier alpha value is 0.543. The Bertz CT molecular complexity index is 15.1. The summed E-state index contributed by atoms with van der Waals surface area (Å²) < 4.78 is 3.02. The van der Waals surface area contributed by atoms with Crippen molar-refractivity contribution in [3.8, 4) is 0 Å². The second kappa shape index (κ2) is 4.54. The van der Waals surface area contributed by atoms with E-state index in [4.69, 9.17) is 5.73 Å². The van der Waals surface area contributed by atoms with E-state index < -0.39 is 0 Å². The first-order chi connectivity index (χ1) is 2.41. The number of hydrogen-bond donors (Lipinski definition) is 2. The molecule has 0 fully saturated rings. The van der Waals surface area contributed by atoms with Crippen LogP contribution in [0.15, 0.2) is 0 Å². The van der Waals surface area contributed by atoms with Crippen LogP contribution < -0.4 is 9.79 Å². The minimum atomic E-state index is 0.764. The predicted molar refractivity (Wildman–Crippen MR) is 17.1 cm³/mol. The van der Waals surface area contributed by atoms with Gasteiger partial charge in [0.25, 0.3) is 0 Å². The molecule has 2 nitrogen and oxygen atoms in total. The second-order valence-corrected chi connectivity index (χ2v) is 1.84. The van der Waals surface area contributed by atoms with Crippen LogP contribution in [0.3, 0.4) is 0 Å². The summed E-state index contributed by atoms with van der Waals surface area (Å²) in [4.78, 5) is 0. The van der Waals surface area contributed by atoms with Gasteiger partial charge in [0, 0.05) is 0 Å². The van der Waals surface area contributed by atoms with E-state index in [9.17, 15) is 0 Å². The monoisotopic (exact) mass is 123 g/mol. The van der Waals surface area contributed by atoms with E-state index in [2.05, 4.69) is 4.06 Å². The molecule has 3 heteroatoms. The summed E-state index contributed by atoms with van der Waals surface area (Å²) in [7, 11) is 0. The molecule has 27 valence electrons. The van der Waals surface area contributed by atoms with E-state index >= 15 is 0 Å². The van der Waals surface area contributed by atoms with Crippen molar-refractivity contribution in [2.24, 2.45) is 5.73 Å². The molecule has 0 bridgehead atoms. The summed E-state index contributed by atoms with van der Waals surface area (Å²) in [5.41, 5.74) is 5.10. The van der Waals surface area contributed by atoms with Crippen molar-refractivity contribution in [2.45, 2.75) is 0 Å². The van der Waals surface area contributed by atoms with Crippen LogP contribution in [-0.2, 0) is 18.5 Å². The summed E-state index contributed by atoms with van der Waals surface area (Å²) in [6.07, 6.45) is 0. The molecule has 0 aliphatic heterocycles. The molecule has 0 aromatic rings. The van der Waals surface area contributed by atoms with Crippen LogP contribution >= 0.6 is 0 Å². The maximum atomic E-state index is 5.10. The van der Waals surface area contributed by atoms with Gasteiger partial charge in [-0.2, -0.15) is 0 Å². The van der Waals surface area contributed by atoms with Crippen molar-refractivity contribution in [1.82, 2.24) is 4.06 Å². The molecule has 0 atom stereocenters. The third-order valence-corrected chi connectivity index (χ3v) is 1.06. The van der Waals surface area contributed by atoms with E-state index in [1.807, 2.05) is 0 Å². The van der Waals surface area contributed by atoms with Gasteiger partial charge in [0.2, 0.25) is 0 Å². The van der Waals surface area contributed by atoms with E-state index in [-0.39, 0.29) is 0 Å². The minimum absolute atomic E-state index is 0.764. The van der Waals surface area contributed by atoms with Crippen LogP contribution in [0.1, 0.15) is 0 Å². The van der Waals surface area contributed by atoms with Crippen molar-refractivity contribution < 1.29 is 18.5 Å². The third kappa shape index (κ3) is 4.54. The van der Waals surface area contributed by atoms with Crippen molar-refractivity contribution in [3.63, 3.8) is 0 Å². The van der Waals surface area contributed by atoms with Gasteiger partial charge in [0.05, 0.1) is 0 Å². The van der Waals surface area contributed by atoms with Crippen LogP contribution in [0.4, 0.5) is 0 Å². The Morgan fingerprint density at radius 2 is 2.40 bits per heavy atom. The summed E-state index contributed by atoms with van der Waals surface area (Å²) >= 11 is 1.15. The molecule has 0 saturated heterocycles. The molecule has 0 unspecified atom stereocenters. The topological polar surface area (TPSA) is 38.0 Å². The fourth-order valence-electron chi connectivity index (χ4n) is 0.102. The first-order valence-corrected chi connectivity index (χ1v) is 3.10.